The SMILES string of the molecule is CN(CCCOc1ccccc1)C(=O)C1CCCCC1N. The second-order valence-corrected chi connectivity index (χ2v) is 5.83. The number of amides is 1. The molecule has 1 fully saturated rings. The summed E-state index contributed by atoms with van der Waals surface area (Å²) >= 11 is 0. The van der Waals surface area contributed by atoms with Crippen LogP contribution in [-0.2, 0) is 4.79 Å². The van der Waals surface area contributed by atoms with Gasteiger partial charge < -0.3 is 15.4 Å². The van der Waals surface area contributed by atoms with Gasteiger partial charge in [-0.15, -0.1) is 0 Å². The van der Waals surface area contributed by atoms with Crippen molar-refractivity contribution >= 4 is 5.91 Å². The smallest absolute Gasteiger partial charge is 0.226 e. The van der Waals surface area contributed by atoms with Crippen LogP contribution in [0.15, 0.2) is 30.3 Å². The van der Waals surface area contributed by atoms with Gasteiger partial charge in [-0.1, -0.05) is 31.0 Å². The van der Waals surface area contributed by atoms with Crippen LogP contribution in [0.4, 0.5) is 0 Å². The lowest BCUT2D eigenvalue weighted by molar-refractivity contribution is -0.135. The Morgan fingerprint density at radius 2 is 2.00 bits per heavy atom. The quantitative estimate of drug-likeness (QED) is 0.819. The summed E-state index contributed by atoms with van der Waals surface area (Å²) in [5.74, 6) is 1.08. The molecule has 21 heavy (non-hydrogen) atoms. The number of carbonyl (C=O) groups is 1. The van der Waals surface area contributed by atoms with E-state index < -0.39 is 0 Å². The summed E-state index contributed by atoms with van der Waals surface area (Å²) in [6, 6.07) is 9.79. The summed E-state index contributed by atoms with van der Waals surface area (Å²) in [6.07, 6.45) is 5.01. The first-order valence-electron chi connectivity index (χ1n) is 7.87. The van der Waals surface area contributed by atoms with E-state index in [0.717, 1.165) is 44.4 Å². The van der Waals surface area contributed by atoms with E-state index >= 15 is 0 Å². The van der Waals surface area contributed by atoms with Crippen molar-refractivity contribution in [1.29, 1.82) is 0 Å². The van der Waals surface area contributed by atoms with Gasteiger partial charge in [-0.3, -0.25) is 4.79 Å². The van der Waals surface area contributed by atoms with Gasteiger partial charge in [0.05, 0.1) is 12.5 Å². The molecule has 0 aliphatic heterocycles. The van der Waals surface area contributed by atoms with Gasteiger partial charge in [-0.2, -0.15) is 0 Å². The number of hydrogen-bond acceptors (Lipinski definition) is 3. The van der Waals surface area contributed by atoms with E-state index in [4.69, 9.17) is 10.5 Å². The molecule has 0 saturated heterocycles. The van der Waals surface area contributed by atoms with Crippen molar-refractivity contribution in [2.75, 3.05) is 20.2 Å². The third kappa shape index (κ3) is 4.74. The van der Waals surface area contributed by atoms with Gasteiger partial charge in [0.2, 0.25) is 5.91 Å². The molecular weight excluding hydrogens is 264 g/mol. The summed E-state index contributed by atoms with van der Waals surface area (Å²) in [5.41, 5.74) is 6.08. The van der Waals surface area contributed by atoms with Gasteiger partial charge >= 0.3 is 0 Å². The Balaban J connectivity index is 1.69. The zero-order chi connectivity index (χ0) is 15.1. The number of benzene rings is 1. The fourth-order valence-electron chi connectivity index (χ4n) is 2.87. The topological polar surface area (TPSA) is 55.6 Å². The van der Waals surface area contributed by atoms with Crippen LogP contribution in [-0.4, -0.2) is 37.0 Å². The maximum atomic E-state index is 12.4. The summed E-state index contributed by atoms with van der Waals surface area (Å²) in [7, 11) is 1.87. The molecule has 0 heterocycles. The van der Waals surface area contributed by atoms with E-state index in [1.807, 2.05) is 42.3 Å². The first-order valence-corrected chi connectivity index (χ1v) is 7.87. The van der Waals surface area contributed by atoms with Crippen LogP contribution in [0.3, 0.4) is 0 Å². The average molecular weight is 290 g/mol. The Hall–Kier alpha value is -1.55. The fourth-order valence-corrected chi connectivity index (χ4v) is 2.87. The van der Waals surface area contributed by atoms with E-state index in [2.05, 4.69) is 0 Å². The predicted molar refractivity (Wildman–Crippen MR) is 84.1 cm³/mol. The number of rotatable bonds is 6. The lowest BCUT2D eigenvalue weighted by atomic mass is 9.84. The van der Waals surface area contributed by atoms with Gasteiger partial charge in [-0.05, 0) is 31.4 Å². The van der Waals surface area contributed by atoms with Crippen LogP contribution < -0.4 is 10.5 Å². The fraction of sp³-hybridized carbons (Fsp3) is 0.588. The van der Waals surface area contributed by atoms with Crippen molar-refractivity contribution in [2.24, 2.45) is 11.7 Å². The summed E-state index contributed by atoms with van der Waals surface area (Å²) < 4.78 is 5.64. The number of carbonyl (C=O) groups excluding carboxylic acids is 1. The van der Waals surface area contributed by atoms with Crippen LogP contribution in [0.5, 0.6) is 5.75 Å². The standard InChI is InChI=1S/C17H26N2O2/c1-19(17(20)15-10-5-6-11-16(15)18)12-7-13-21-14-8-3-2-4-9-14/h2-4,8-9,15-16H,5-7,10-13,18H2,1H3. The second kappa shape index (κ2) is 8.03. The number of nitrogens with two attached hydrogens (primary N) is 1. The van der Waals surface area contributed by atoms with Gasteiger partial charge in [0.1, 0.15) is 5.75 Å². The van der Waals surface area contributed by atoms with Crippen LogP contribution in [0, 0.1) is 5.92 Å². The molecule has 1 aromatic rings. The third-order valence-electron chi connectivity index (χ3n) is 4.16. The normalized spacial score (nSPS) is 21.8. The molecule has 2 N–H and O–H groups in total. The maximum Gasteiger partial charge on any atom is 0.226 e. The van der Waals surface area contributed by atoms with Crippen molar-refractivity contribution in [3.63, 3.8) is 0 Å². The molecule has 116 valence electrons. The van der Waals surface area contributed by atoms with Crippen LogP contribution in [0.1, 0.15) is 32.1 Å². The molecular formula is C17H26N2O2. The highest BCUT2D eigenvalue weighted by atomic mass is 16.5. The van der Waals surface area contributed by atoms with E-state index in [1.165, 1.54) is 0 Å². The molecule has 1 aliphatic carbocycles. The molecule has 2 atom stereocenters. The highest BCUT2D eigenvalue weighted by molar-refractivity contribution is 5.79. The van der Waals surface area contributed by atoms with Crippen molar-refractivity contribution in [3.8, 4) is 5.75 Å². The summed E-state index contributed by atoms with van der Waals surface area (Å²) in [4.78, 5) is 14.2. The van der Waals surface area contributed by atoms with Crippen molar-refractivity contribution in [1.82, 2.24) is 4.90 Å². The average Bonchev–Trinajstić information content (AvgIpc) is 2.52. The molecule has 2 rings (SSSR count). The molecule has 0 bridgehead atoms. The van der Waals surface area contributed by atoms with E-state index in [0.29, 0.717) is 6.61 Å². The van der Waals surface area contributed by atoms with Gasteiger partial charge in [0.25, 0.3) is 0 Å². The number of para-hydroxylation sites is 1. The maximum absolute atomic E-state index is 12.4. The first kappa shape index (κ1) is 15.8. The summed E-state index contributed by atoms with van der Waals surface area (Å²) in [6.45, 7) is 1.34. The third-order valence-corrected chi connectivity index (χ3v) is 4.16. The Kier molecular flexibility index (Phi) is 6.05. The Bertz CT molecular complexity index is 436. The van der Waals surface area contributed by atoms with Crippen LogP contribution in [0.2, 0.25) is 0 Å². The van der Waals surface area contributed by atoms with Crippen molar-refractivity contribution < 1.29 is 9.53 Å². The van der Waals surface area contributed by atoms with Crippen molar-refractivity contribution in [2.45, 2.75) is 38.1 Å². The molecule has 0 spiro atoms. The number of ether oxygens (including phenoxy) is 1. The molecule has 1 saturated carbocycles. The van der Waals surface area contributed by atoms with Gasteiger partial charge in [-0.25, -0.2) is 0 Å². The molecule has 0 aromatic heterocycles. The Morgan fingerprint density at radius 3 is 2.71 bits per heavy atom. The Labute approximate surface area is 127 Å². The minimum atomic E-state index is 0.0128. The molecule has 4 heteroatoms. The van der Waals surface area contributed by atoms with Gasteiger partial charge in [0.15, 0.2) is 0 Å². The highest BCUT2D eigenvalue weighted by Crippen LogP contribution is 2.24. The van der Waals surface area contributed by atoms with E-state index in [-0.39, 0.29) is 17.9 Å². The zero-order valence-corrected chi connectivity index (χ0v) is 12.8. The molecule has 0 radical (unpaired) electrons. The minimum Gasteiger partial charge on any atom is -0.494 e. The number of hydrogen-bond donors (Lipinski definition) is 1. The second-order valence-electron chi connectivity index (χ2n) is 5.83. The number of nitrogens with zero attached hydrogens (tertiary/aromatic N) is 1. The molecule has 1 amide bonds. The lowest BCUT2D eigenvalue weighted by Gasteiger charge is -2.31. The monoisotopic (exact) mass is 290 g/mol. The molecule has 1 aliphatic rings. The molecule has 1 aromatic carbocycles. The summed E-state index contributed by atoms with van der Waals surface area (Å²) in [5, 5.41) is 0. The molecule has 2 unspecified atom stereocenters. The van der Waals surface area contributed by atoms with Crippen LogP contribution in [0.25, 0.3) is 0 Å². The minimum absolute atomic E-state index is 0.0128. The van der Waals surface area contributed by atoms with Crippen molar-refractivity contribution in [3.05, 3.63) is 30.3 Å². The molecule has 4 nitrogen and oxygen atoms in total. The van der Waals surface area contributed by atoms with E-state index in [1.54, 1.807) is 0 Å². The Morgan fingerprint density at radius 1 is 1.29 bits per heavy atom. The largest absolute Gasteiger partial charge is 0.494 e. The zero-order valence-electron chi connectivity index (χ0n) is 12.8. The van der Waals surface area contributed by atoms with Crippen LogP contribution >= 0.6 is 0 Å². The lowest BCUT2D eigenvalue weighted by Crippen LogP contribution is -2.44. The van der Waals surface area contributed by atoms with E-state index in [9.17, 15) is 4.79 Å². The first-order chi connectivity index (χ1) is 10.2. The predicted octanol–water partition coefficient (Wildman–Crippen LogP) is 2.43. The highest BCUT2D eigenvalue weighted by Gasteiger charge is 2.29. The van der Waals surface area contributed by atoms with Gasteiger partial charge in [0, 0.05) is 19.6 Å².